The monoisotopic (exact) mass is 341 g/mol. The van der Waals surface area contributed by atoms with Crippen LogP contribution in [0.4, 0.5) is 0 Å². The smallest absolute Gasteiger partial charge is 0.250 e. The zero-order chi connectivity index (χ0) is 15.6. The maximum absolute atomic E-state index is 12.0. The van der Waals surface area contributed by atoms with Gasteiger partial charge in [0.2, 0.25) is 10.0 Å². The first kappa shape index (κ1) is 15.3. The number of ether oxygens (including phenoxy) is 2. The molecule has 0 saturated heterocycles. The molecule has 1 aromatic heterocycles. The van der Waals surface area contributed by atoms with Crippen LogP contribution in [0.3, 0.4) is 0 Å². The Kier molecular flexibility index (Phi) is 4.34. The minimum absolute atomic E-state index is 0.111. The molecule has 118 valence electrons. The molecule has 0 bridgehead atoms. The fourth-order valence-corrected chi connectivity index (χ4v) is 4.14. The van der Waals surface area contributed by atoms with Crippen molar-refractivity contribution in [1.29, 1.82) is 0 Å². The Labute approximate surface area is 132 Å². The molecular formula is C14H15NO5S2. The molecule has 22 heavy (non-hydrogen) atoms. The summed E-state index contributed by atoms with van der Waals surface area (Å²) < 4.78 is 37.5. The molecule has 1 aliphatic heterocycles. The van der Waals surface area contributed by atoms with E-state index in [2.05, 4.69) is 4.72 Å². The lowest BCUT2D eigenvalue weighted by Crippen LogP contribution is -2.28. The molecule has 1 aromatic carbocycles. The van der Waals surface area contributed by atoms with Crippen LogP contribution in [0.2, 0.25) is 0 Å². The minimum Gasteiger partial charge on any atom is -0.486 e. The van der Waals surface area contributed by atoms with Crippen LogP contribution in [0.15, 0.2) is 39.9 Å². The Morgan fingerprint density at radius 2 is 2.00 bits per heavy atom. The lowest BCUT2D eigenvalue weighted by atomic mass is 10.1. The fourth-order valence-electron chi connectivity index (χ4n) is 2.06. The van der Waals surface area contributed by atoms with Gasteiger partial charge in [-0.25, -0.2) is 13.1 Å². The molecule has 3 rings (SSSR count). The summed E-state index contributed by atoms with van der Waals surface area (Å²) in [5.74, 6) is 1.19. The molecule has 2 aromatic rings. The number of hydrogen-bond donors (Lipinski definition) is 2. The largest absolute Gasteiger partial charge is 0.486 e. The van der Waals surface area contributed by atoms with Gasteiger partial charge in [-0.3, -0.25) is 0 Å². The van der Waals surface area contributed by atoms with Crippen LogP contribution in [0.5, 0.6) is 11.5 Å². The molecule has 0 spiro atoms. The molecule has 0 saturated carbocycles. The van der Waals surface area contributed by atoms with Gasteiger partial charge in [-0.2, -0.15) is 0 Å². The molecule has 6 nitrogen and oxygen atoms in total. The van der Waals surface area contributed by atoms with Crippen molar-refractivity contribution >= 4 is 21.4 Å². The van der Waals surface area contributed by atoms with Gasteiger partial charge in [0.05, 0.1) is 6.10 Å². The van der Waals surface area contributed by atoms with Crippen molar-refractivity contribution < 1.29 is 23.0 Å². The van der Waals surface area contributed by atoms with Gasteiger partial charge in [-0.05, 0) is 29.1 Å². The molecule has 0 aliphatic carbocycles. The summed E-state index contributed by atoms with van der Waals surface area (Å²) in [6.07, 6.45) is -0.967. The van der Waals surface area contributed by atoms with Gasteiger partial charge in [0.15, 0.2) is 11.5 Å². The second-order valence-electron chi connectivity index (χ2n) is 4.70. The maximum Gasteiger partial charge on any atom is 0.250 e. The summed E-state index contributed by atoms with van der Waals surface area (Å²) in [4.78, 5) is 0. The van der Waals surface area contributed by atoms with E-state index in [1.807, 2.05) is 0 Å². The van der Waals surface area contributed by atoms with Crippen molar-refractivity contribution in [2.75, 3.05) is 19.8 Å². The third-order valence-electron chi connectivity index (χ3n) is 3.18. The van der Waals surface area contributed by atoms with E-state index in [0.29, 0.717) is 30.3 Å². The van der Waals surface area contributed by atoms with E-state index in [4.69, 9.17) is 9.47 Å². The van der Waals surface area contributed by atoms with Crippen molar-refractivity contribution in [2.45, 2.75) is 10.3 Å². The van der Waals surface area contributed by atoms with Crippen LogP contribution in [-0.2, 0) is 10.0 Å². The predicted octanol–water partition coefficient (Wildman–Crippen LogP) is 1.53. The van der Waals surface area contributed by atoms with Gasteiger partial charge < -0.3 is 14.6 Å². The normalized spacial score (nSPS) is 15.5. The number of rotatable bonds is 5. The van der Waals surface area contributed by atoms with E-state index >= 15 is 0 Å². The first-order valence-corrected chi connectivity index (χ1v) is 9.03. The number of benzene rings is 1. The van der Waals surface area contributed by atoms with Gasteiger partial charge >= 0.3 is 0 Å². The van der Waals surface area contributed by atoms with Crippen molar-refractivity contribution in [3.8, 4) is 11.5 Å². The number of aliphatic hydroxyl groups excluding tert-OH is 1. The third kappa shape index (κ3) is 3.25. The van der Waals surface area contributed by atoms with Crippen molar-refractivity contribution in [3.63, 3.8) is 0 Å². The Bertz CT molecular complexity index is 743. The van der Waals surface area contributed by atoms with Gasteiger partial charge in [0.1, 0.15) is 17.4 Å². The number of aliphatic hydroxyl groups is 1. The Morgan fingerprint density at radius 1 is 1.23 bits per heavy atom. The summed E-state index contributed by atoms with van der Waals surface area (Å²) in [6.45, 7) is 0.840. The highest BCUT2D eigenvalue weighted by Gasteiger charge is 2.19. The molecule has 2 N–H and O–H groups in total. The summed E-state index contributed by atoms with van der Waals surface area (Å²) >= 11 is 1.13. The second-order valence-corrected chi connectivity index (χ2v) is 7.64. The molecule has 1 unspecified atom stereocenters. The van der Waals surface area contributed by atoms with Crippen LogP contribution in [0, 0.1) is 0 Å². The average Bonchev–Trinajstić information content (AvgIpc) is 3.07. The summed E-state index contributed by atoms with van der Waals surface area (Å²) in [6, 6.07) is 8.25. The van der Waals surface area contributed by atoms with Gasteiger partial charge in [-0.1, -0.05) is 12.1 Å². The average molecular weight is 341 g/mol. The lowest BCUT2D eigenvalue weighted by Gasteiger charge is -2.20. The minimum atomic E-state index is -3.58. The topological polar surface area (TPSA) is 84.9 Å². The maximum atomic E-state index is 12.0. The quantitative estimate of drug-likeness (QED) is 0.861. The van der Waals surface area contributed by atoms with Crippen LogP contribution in [0.1, 0.15) is 11.7 Å². The summed E-state index contributed by atoms with van der Waals surface area (Å²) in [7, 11) is -3.58. The first-order valence-electron chi connectivity index (χ1n) is 6.67. The van der Waals surface area contributed by atoms with E-state index in [9.17, 15) is 13.5 Å². The molecule has 0 fully saturated rings. The summed E-state index contributed by atoms with van der Waals surface area (Å²) in [5.41, 5.74) is 0.568. The van der Waals surface area contributed by atoms with E-state index in [0.717, 1.165) is 11.3 Å². The number of thiophene rings is 1. The highest BCUT2D eigenvalue weighted by Crippen LogP contribution is 2.32. The van der Waals surface area contributed by atoms with Crippen molar-refractivity contribution in [2.24, 2.45) is 0 Å². The Balaban J connectivity index is 1.68. The van der Waals surface area contributed by atoms with Crippen LogP contribution in [-0.4, -0.2) is 33.3 Å². The number of fused-ring (bicyclic) bond motifs is 1. The van der Waals surface area contributed by atoms with Crippen LogP contribution >= 0.6 is 11.3 Å². The van der Waals surface area contributed by atoms with E-state index in [-0.39, 0.29) is 10.8 Å². The van der Waals surface area contributed by atoms with Gasteiger partial charge in [0.25, 0.3) is 0 Å². The molecule has 1 aliphatic rings. The Hall–Kier alpha value is -1.61. The van der Waals surface area contributed by atoms with E-state index in [1.165, 1.54) is 6.07 Å². The summed E-state index contributed by atoms with van der Waals surface area (Å²) in [5, 5.41) is 11.8. The zero-order valence-corrected chi connectivity index (χ0v) is 13.2. The van der Waals surface area contributed by atoms with Crippen LogP contribution in [0.25, 0.3) is 0 Å². The number of hydrogen-bond acceptors (Lipinski definition) is 6. The fraction of sp³-hybridized carbons (Fsp3) is 0.286. The van der Waals surface area contributed by atoms with Crippen molar-refractivity contribution in [1.82, 2.24) is 4.72 Å². The second kappa shape index (κ2) is 6.25. The molecule has 8 heteroatoms. The Morgan fingerprint density at radius 3 is 2.73 bits per heavy atom. The number of nitrogens with one attached hydrogen (secondary N) is 1. The zero-order valence-electron chi connectivity index (χ0n) is 11.6. The predicted molar refractivity (Wildman–Crippen MR) is 81.9 cm³/mol. The highest BCUT2D eigenvalue weighted by molar-refractivity contribution is 7.91. The molecule has 1 atom stereocenters. The lowest BCUT2D eigenvalue weighted by molar-refractivity contribution is 0.165. The SMILES string of the molecule is O=S(=O)(NCC(O)c1ccc2c(c1)OCCO2)c1cccs1. The van der Waals surface area contributed by atoms with Gasteiger partial charge in [-0.15, -0.1) is 11.3 Å². The highest BCUT2D eigenvalue weighted by atomic mass is 32.2. The first-order chi connectivity index (χ1) is 10.6. The molecule has 0 amide bonds. The van der Waals surface area contributed by atoms with E-state index in [1.54, 1.807) is 29.6 Å². The third-order valence-corrected chi connectivity index (χ3v) is 6.00. The van der Waals surface area contributed by atoms with Crippen LogP contribution < -0.4 is 14.2 Å². The number of sulfonamides is 1. The molecule has 2 heterocycles. The van der Waals surface area contributed by atoms with Gasteiger partial charge in [0, 0.05) is 6.54 Å². The van der Waals surface area contributed by atoms with Crippen molar-refractivity contribution in [3.05, 3.63) is 41.3 Å². The van der Waals surface area contributed by atoms with E-state index < -0.39 is 16.1 Å². The molecule has 0 radical (unpaired) electrons. The standard InChI is InChI=1S/C14H15NO5S2/c16-11(9-15-22(17,18)14-2-1-7-21-14)10-3-4-12-13(8-10)20-6-5-19-12/h1-4,7-8,11,15-16H,5-6,9H2. The molecular weight excluding hydrogens is 326 g/mol.